The van der Waals surface area contributed by atoms with Crippen LogP contribution >= 0.6 is 0 Å². The fraction of sp³-hybridized carbons (Fsp3) is 0.929. The SMILES string of the molecule is CC(CC(=O)O)NCCCN(C)C1CCCCC1. The summed E-state index contributed by atoms with van der Waals surface area (Å²) in [5, 5.41) is 11.9. The summed E-state index contributed by atoms with van der Waals surface area (Å²) in [6.07, 6.45) is 8.15. The lowest BCUT2D eigenvalue weighted by atomic mass is 9.94. The van der Waals surface area contributed by atoms with Crippen LogP contribution in [0.25, 0.3) is 0 Å². The Kier molecular flexibility index (Phi) is 7.28. The van der Waals surface area contributed by atoms with Gasteiger partial charge in [-0.2, -0.15) is 0 Å². The van der Waals surface area contributed by atoms with E-state index in [9.17, 15) is 4.79 Å². The second kappa shape index (κ2) is 8.48. The zero-order valence-electron chi connectivity index (χ0n) is 11.8. The van der Waals surface area contributed by atoms with Crippen LogP contribution in [-0.2, 0) is 4.79 Å². The van der Waals surface area contributed by atoms with Crippen molar-refractivity contribution in [1.29, 1.82) is 0 Å². The highest BCUT2D eigenvalue weighted by Gasteiger charge is 2.17. The average molecular weight is 256 g/mol. The first kappa shape index (κ1) is 15.4. The monoisotopic (exact) mass is 256 g/mol. The summed E-state index contributed by atoms with van der Waals surface area (Å²) in [6.45, 7) is 3.95. The second-order valence-corrected chi connectivity index (χ2v) is 5.58. The Labute approximate surface area is 111 Å². The van der Waals surface area contributed by atoms with Crippen molar-refractivity contribution in [3.63, 3.8) is 0 Å². The Morgan fingerprint density at radius 3 is 2.67 bits per heavy atom. The number of carboxylic acids is 1. The van der Waals surface area contributed by atoms with E-state index in [0.717, 1.165) is 25.6 Å². The number of nitrogens with one attached hydrogen (secondary N) is 1. The lowest BCUT2D eigenvalue weighted by Gasteiger charge is -2.31. The van der Waals surface area contributed by atoms with Crippen LogP contribution in [0.4, 0.5) is 0 Å². The average Bonchev–Trinajstić information content (AvgIpc) is 2.34. The van der Waals surface area contributed by atoms with Crippen LogP contribution in [0.1, 0.15) is 51.9 Å². The molecule has 1 atom stereocenters. The van der Waals surface area contributed by atoms with Gasteiger partial charge in [0.25, 0.3) is 0 Å². The van der Waals surface area contributed by atoms with E-state index in [-0.39, 0.29) is 12.5 Å². The molecule has 4 nitrogen and oxygen atoms in total. The van der Waals surface area contributed by atoms with Crippen LogP contribution in [0.3, 0.4) is 0 Å². The van der Waals surface area contributed by atoms with E-state index < -0.39 is 5.97 Å². The summed E-state index contributed by atoms with van der Waals surface area (Å²) in [7, 11) is 2.22. The molecule has 4 heteroatoms. The van der Waals surface area contributed by atoms with Gasteiger partial charge in [0.05, 0.1) is 6.42 Å². The van der Waals surface area contributed by atoms with Gasteiger partial charge in [0.15, 0.2) is 0 Å². The van der Waals surface area contributed by atoms with Gasteiger partial charge in [0.1, 0.15) is 0 Å². The zero-order chi connectivity index (χ0) is 13.4. The van der Waals surface area contributed by atoms with Gasteiger partial charge >= 0.3 is 5.97 Å². The molecule has 1 unspecified atom stereocenters. The van der Waals surface area contributed by atoms with Crippen LogP contribution in [0.5, 0.6) is 0 Å². The molecule has 0 aromatic heterocycles. The highest BCUT2D eigenvalue weighted by molar-refractivity contribution is 5.67. The molecule has 0 aromatic rings. The molecule has 0 spiro atoms. The van der Waals surface area contributed by atoms with Crippen molar-refractivity contribution in [2.45, 2.75) is 64.0 Å². The van der Waals surface area contributed by atoms with Crippen LogP contribution in [0, 0.1) is 0 Å². The fourth-order valence-electron chi connectivity index (χ4n) is 2.72. The smallest absolute Gasteiger partial charge is 0.304 e. The Hall–Kier alpha value is -0.610. The standard InChI is InChI=1S/C14H28N2O2/c1-12(11-14(17)18)15-9-6-10-16(2)13-7-4-3-5-8-13/h12-13,15H,3-11H2,1-2H3,(H,17,18). The van der Waals surface area contributed by atoms with Gasteiger partial charge in [-0.3, -0.25) is 4.79 Å². The van der Waals surface area contributed by atoms with E-state index in [0.29, 0.717) is 0 Å². The topological polar surface area (TPSA) is 52.6 Å². The maximum absolute atomic E-state index is 10.5. The van der Waals surface area contributed by atoms with Crippen molar-refractivity contribution < 1.29 is 9.90 Å². The van der Waals surface area contributed by atoms with Crippen molar-refractivity contribution in [3.05, 3.63) is 0 Å². The number of rotatable bonds is 8. The first-order chi connectivity index (χ1) is 8.59. The van der Waals surface area contributed by atoms with E-state index in [1.165, 1.54) is 32.1 Å². The molecule has 1 fully saturated rings. The molecular weight excluding hydrogens is 228 g/mol. The summed E-state index contributed by atoms with van der Waals surface area (Å²) in [6, 6.07) is 0.845. The highest BCUT2D eigenvalue weighted by atomic mass is 16.4. The Morgan fingerprint density at radius 2 is 2.06 bits per heavy atom. The largest absolute Gasteiger partial charge is 0.481 e. The fourth-order valence-corrected chi connectivity index (χ4v) is 2.72. The number of hydrogen-bond acceptors (Lipinski definition) is 3. The molecule has 0 radical (unpaired) electrons. The van der Waals surface area contributed by atoms with Gasteiger partial charge in [0, 0.05) is 12.1 Å². The molecule has 0 amide bonds. The molecule has 1 aliphatic carbocycles. The lowest BCUT2D eigenvalue weighted by molar-refractivity contribution is -0.137. The Morgan fingerprint density at radius 1 is 1.39 bits per heavy atom. The maximum Gasteiger partial charge on any atom is 0.304 e. The first-order valence-corrected chi connectivity index (χ1v) is 7.25. The van der Waals surface area contributed by atoms with E-state index in [2.05, 4.69) is 17.3 Å². The summed E-state index contributed by atoms with van der Waals surface area (Å²) < 4.78 is 0. The number of carboxylic acid groups (broad SMARTS) is 1. The molecule has 0 bridgehead atoms. The maximum atomic E-state index is 10.5. The molecule has 2 N–H and O–H groups in total. The van der Waals surface area contributed by atoms with Crippen molar-refractivity contribution >= 4 is 5.97 Å². The number of nitrogens with zero attached hydrogens (tertiary/aromatic N) is 1. The highest BCUT2D eigenvalue weighted by Crippen LogP contribution is 2.21. The van der Waals surface area contributed by atoms with Gasteiger partial charge in [-0.25, -0.2) is 0 Å². The normalized spacial score (nSPS) is 19.1. The number of carbonyl (C=O) groups is 1. The van der Waals surface area contributed by atoms with Gasteiger partial charge in [-0.05, 0) is 46.3 Å². The summed E-state index contributed by atoms with van der Waals surface area (Å²) in [5.74, 6) is -0.727. The zero-order valence-corrected chi connectivity index (χ0v) is 11.8. The molecule has 0 saturated heterocycles. The van der Waals surface area contributed by atoms with Crippen molar-refractivity contribution in [1.82, 2.24) is 10.2 Å². The number of aliphatic carboxylic acids is 1. The third kappa shape index (κ3) is 6.36. The molecule has 0 heterocycles. The molecule has 0 aromatic carbocycles. The third-order valence-corrected chi connectivity index (χ3v) is 3.86. The minimum atomic E-state index is -0.727. The second-order valence-electron chi connectivity index (χ2n) is 5.58. The Bertz CT molecular complexity index is 240. The van der Waals surface area contributed by atoms with Gasteiger partial charge in [0.2, 0.25) is 0 Å². The molecule has 0 aliphatic heterocycles. The summed E-state index contributed by atoms with van der Waals surface area (Å²) in [4.78, 5) is 13.0. The predicted molar refractivity (Wildman–Crippen MR) is 73.8 cm³/mol. The van der Waals surface area contributed by atoms with Gasteiger partial charge < -0.3 is 15.3 Å². The first-order valence-electron chi connectivity index (χ1n) is 7.25. The Balaban J connectivity index is 2.04. The van der Waals surface area contributed by atoms with E-state index in [1.807, 2.05) is 6.92 Å². The molecule has 1 saturated carbocycles. The predicted octanol–water partition coefficient (Wildman–Crippen LogP) is 2.09. The van der Waals surface area contributed by atoms with Crippen molar-refractivity contribution in [3.8, 4) is 0 Å². The molecule has 1 aliphatic rings. The minimum Gasteiger partial charge on any atom is -0.481 e. The summed E-state index contributed by atoms with van der Waals surface area (Å²) >= 11 is 0. The molecule has 1 rings (SSSR count). The minimum absolute atomic E-state index is 0.0717. The summed E-state index contributed by atoms with van der Waals surface area (Å²) in [5.41, 5.74) is 0. The lowest BCUT2D eigenvalue weighted by Crippen LogP contribution is -2.36. The van der Waals surface area contributed by atoms with E-state index >= 15 is 0 Å². The van der Waals surface area contributed by atoms with Gasteiger partial charge in [-0.1, -0.05) is 19.3 Å². The quantitative estimate of drug-likeness (QED) is 0.653. The number of hydrogen-bond donors (Lipinski definition) is 2. The van der Waals surface area contributed by atoms with E-state index in [1.54, 1.807) is 0 Å². The van der Waals surface area contributed by atoms with Crippen LogP contribution in [-0.4, -0.2) is 48.2 Å². The van der Waals surface area contributed by atoms with Crippen molar-refractivity contribution in [2.75, 3.05) is 20.1 Å². The third-order valence-electron chi connectivity index (χ3n) is 3.86. The molecule has 18 heavy (non-hydrogen) atoms. The molecule has 106 valence electrons. The molecular formula is C14H28N2O2. The van der Waals surface area contributed by atoms with Crippen LogP contribution in [0.2, 0.25) is 0 Å². The van der Waals surface area contributed by atoms with Gasteiger partial charge in [-0.15, -0.1) is 0 Å². The van der Waals surface area contributed by atoms with E-state index in [4.69, 9.17) is 5.11 Å². The van der Waals surface area contributed by atoms with Crippen LogP contribution < -0.4 is 5.32 Å². The van der Waals surface area contributed by atoms with Crippen molar-refractivity contribution in [2.24, 2.45) is 0 Å². The van der Waals surface area contributed by atoms with Crippen LogP contribution in [0.15, 0.2) is 0 Å².